The van der Waals surface area contributed by atoms with E-state index in [1.165, 1.54) is 0 Å². The normalized spacial score (nSPS) is 11.6. The molecule has 4 heterocycles. The topological polar surface area (TPSA) is 142 Å². The maximum atomic E-state index is 7.27. The molecule has 0 atom stereocenters. The van der Waals surface area contributed by atoms with Gasteiger partial charge in [0.2, 0.25) is 0 Å². The highest BCUT2D eigenvalue weighted by molar-refractivity contribution is 7.33. The molecule has 12 nitrogen and oxygen atoms in total. The van der Waals surface area contributed by atoms with Crippen LogP contribution in [0.5, 0.6) is 23.0 Å². The Morgan fingerprint density at radius 2 is 0.345 bits per heavy atom. The average Bonchev–Trinajstić information content (AvgIpc) is 3.84. The second-order valence-electron chi connectivity index (χ2n) is 20.9. The zero-order chi connectivity index (χ0) is 57.3. The number of fused-ring (bicyclic) bond motifs is 12. The molecule has 0 saturated heterocycles. The van der Waals surface area contributed by atoms with Gasteiger partial charge in [0.05, 0.1) is 11.1 Å². The van der Waals surface area contributed by atoms with E-state index in [-0.39, 0.29) is 23.0 Å². The molecular formula is C68H54O12P4. The zero-order valence-electron chi connectivity index (χ0n) is 47.0. The molecule has 0 saturated carbocycles. The van der Waals surface area contributed by atoms with Gasteiger partial charge < -0.3 is 51.7 Å². The van der Waals surface area contributed by atoms with Gasteiger partial charge in [-0.1, -0.05) is 158 Å². The van der Waals surface area contributed by atoms with Gasteiger partial charge in [-0.2, -0.15) is 0 Å². The number of aryl methyl sites for hydroxylation is 8. The van der Waals surface area contributed by atoms with Crippen LogP contribution in [0.1, 0.15) is 44.5 Å². The first-order valence-electron chi connectivity index (χ1n) is 27.3. The Kier molecular flexibility index (Phi) is 13.7. The van der Waals surface area contributed by atoms with Crippen molar-refractivity contribution in [2.45, 2.75) is 55.4 Å². The van der Waals surface area contributed by atoms with Crippen LogP contribution in [0.2, 0.25) is 0 Å². The standard InChI is InChI=1S/C68H54O12P4/c1-39-19-9-27-47-48-28-10-20-40(2)62(48)74-81(73-61(39)47)69-55-35-17-36-56(70-82-75-63-41(3)21-11-29-49(63)50-30-12-22-42(4)64(50)76-82)59(55)60-57(71-83-77-65-43(5)23-13-31-51(65)52-32-14-24-44(6)66(52)78-83)37-18-38-58(60)72-84-79-67-45(7)25-15-33-53(67)54-34-16-26-46(8)68(54)80-84/h9-38H,1-8H3. The summed E-state index contributed by atoms with van der Waals surface area (Å²) in [5.74, 6) is 1.11. The molecule has 0 aliphatic heterocycles. The Hall–Kier alpha value is -9.00. The Bertz CT molecular complexity index is 4280. The first-order valence-corrected chi connectivity index (χ1v) is 31.7. The van der Waals surface area contributed by atoms with E-state index in [1.54, 1.807) is 0 Å². The first-order chi connectivity index (χ1) is 40.9. The maximum Gasteiger partial charge on any atom is 0.453 e. The van der Waals surface area contributed by atoms with Crippen LogP contribution in [0.25, 0.3) is 98.9 Å². The molecule has 0 aliphatic carbocycles. The van der Waals surface area contributed by atoms with Crippen LogP contribution >= 0.6 is 33.0 Å². The van der Waals surface area contributed by atoms with Gasteiger partial charge in [-0.25, -0.2) is 0 Å². The van der Waals surface area contributed by atoms with E-state index in [4.69, 9.17) is 51.7 Å². The third-order valence-corrected chi connectivity index (χ3v) is 19.1. The van der Waals surface area contributed by atoms with E-state index >= 15 is 0 Å². The van der Waals surface area contributed by atoms with Crippen molar-refractivity contribution in [3.8, 4) is 34.1 Å². The van der Waals surface area contributed by atoms with Crippen LogP contribution < -0.4 is 18.1 Å². The van der Waals surface area contributed by atoms with E-state index in [9.17, 15) is 0 Å². The first kappa shape index (κ1) is 53.0. The van der Waals surface area contributed by atoms with E-state index in [0.29, 0.717) is 55.8 Å². The lowest BCUT2D eigenvalue weighted by Crippen LogP contribution is -1.95. The fourth-order valence-corrected chi connectivity index (χ4v) is 15.7. The molecular weight excluding hydrogens is 1130 g/mol. The van der Waals surface area contributed by atoms with Crippen molar-refractivity contribution in [1.82, 2.24) is 0 Å². The Morgan fingerprint density at radius 3 is 0.500 bits per heavy atom. The third-order valence-electron chi connectivity index (χ3n) is 15.1. The summed E-state index contributed by atoms with van der Waals surface area (Å²) in [4.78, 5) is 0. The van der Waals surface area contributed by atoms with Crippen LogP contribution in [-0.2, 0) is 0 Å². The Balaban J connectivity index is 1.08. The van der Waals surface area contributed by atoms with Crippen LogP contribution in [0, 0.1) is 55.4 Å². The van der Waals surface area contributed by atoms with Crippen LogP contribution in [0.3, 0.4) is 0 Å². The summed E-state index contributed by atoms with van der Waals surface area (Å²) in [5.41, 5.74) is 13.0. The van der Waals surface area contributed by atoms with Gasteiger partial charge in [0.15, 0.2) is 0 Å². The molecule has 0 fully saturated rings. The summed E-state index contributed by atoms with van der Waals surface area (Å²) in [7, 11) is -9.10. The number of rotatable bonds is 9. The Morgan fingerprint density at radius 1 is 0.202 bits per heavy atom. The van der Waals surface area contributed by atoms with Crippen molar-refractivity contribution in [2.75, 3.05) is 0 Å². The van der Waals surface area contributed by atoms with Gasteiger partial charge in [0.1, 0.15) is 67.7 Å². The highest BCUT2D eigenvalue weighted by atomic mass is 31.1. The van der Waals surface area contributed by atoms with E-state index in [0.717, 1.165) is 87.6 Å². The summed E-state index contributed by atoms with van der Waals surface area (Å²) in [5, 5.41) is 7.03. The maximum absolute atomic E-state index is 7.27. The zero-order valence-corrected chi connectivity index (χ0v) is 50.6. The second kappa shape index (κ2) is 21.6. The lowest BCUT2D eigenvalue weighted by Gasteiger charge is -2.18. The number of hydrogen-bond donors (Lipinski definition) is 0. The molecule has 0 amide bonds. The predicted octanol–water partition coefficient (Wildman–Crippen LogP) is 23.6. The highest BCUT2D eigenvalue weighted by Gasteiger charge is 2.29. The lowest BCUT2D eigenvalue weighted by molar-refractivity contribution is 0.476. The fraction of sp³-hybridized carbons (Fsp3) is 0.118. The fourth-order valence-electron chi connectivity index (χ4n) is 10.8. The molecule has 14 aromatic rings. The van der Waals surface area contributed by atoms with Gasteiger partial charge >= 0.3 is 33.0 Å². The van der Waals surface area contributed by atoms with Gasteiger partial charge in [0.25, 0.3) is 0 Å². The van der Waals surface area contributed by atoms with Crippen molar-refractivity contribution in [2.24, 2.45) is 0 Å². The van der Waals surface area contributed by atoms with Gasteiger partial charge in [-0.3, -0.25) is 0 Å². The van der Waals surface area contributed by atoms with E-state index in [1.807, 2.05) is 237 Å². The largest absolute Gasteiger partial charge is 0.453 e. The van der Waals surface area contributed by atoms with Gasteiger partial charge in [0, 0.05) is 43.1 Å². The van der Waals surface area contributed by atoms with Gasteiger partial charge in [-0.15, -0.1) is 0 Å². The molecule has 0 aliphatic rings. The van der Waals surface area contributed by atoms with Crippen LogP contribution in [0.15, 0.2) is 216 Å². The summed E-state index contributed by atoms with van der Waals surface area (Å²) < 4.78 is 84.6. The summed E-state index contributed by atoms with van der Waals surface area (Å²) in [6, 6.07) is 59.5. The van der Waals surface area contributed by atoms with Crippen LogP contribution in [-0.4, -0.2) is 0 Å². The monoisotopic (exact) mass is 1190 g/mol. The highest BCUT2D eigenvalue weighted by Crippen LogP contribution is 2.56. The minimum absolute atomic E-state index is 0.278. The van der Waals surface area contributed by atoms with Crippen molar-refractivity contribution in [3.05, 3.63) is 226 Å². The van der Waals surface area contributed by atoms with Crippen molar-refractivity contribution in [3.63, 3.8) is 0 Å². The molecule has 4 aromatic heterocycles. The molecule has 0 radical (unpaired) electrons. The smallest absolute Gasteiger partial charge is 0.390 e. The molecule has 16 heteroatoms. The van der Waals surface area contributed by atoms with Crippen molar-refractivity contribution < 1.29 is 51.7 Å². The predicted molar refractivity (Wildman–Crippen MR) is 339 cm³/mol. The third kappa shape index (κ3) is 9.56. The number of para-hydroxylation sites is 8. The Labute approximate surface area is 485 Å². The summed E-state index contributed by atoms with van der Waals surface area (Å²) >= 11 is 0. The van der Waals surface area contributed by atoms with Crippen molar-refractivity contribution in [1.29, 1.82) is 0 Å². The molecule has 10 aromatic carbocycles. The molecule has 14 rings (SSSR count). The lowest BCUT2D eigenvalue weighted by atomic mass is 10.0. The molecule has 0 bridgehead atoms. The van der Waals surface area contributed by atoms with Gasteiger partial charge in [-0.05, 0) is 124 Å². The SMILES string of the molecule is Cc1cccc2c1op(Oc1cccc(Op3oc4c(C)cccc4c4cccc(C)c4o3)c1-c1c(Op3oc4c(C)cccc4c4cccc(C)c4o3)cccc1Op1oc3c(C)cccc3c3cccc(C)c3o1)oc1c(C)cccc12. The molecule has 84 heavy (non-hydrogen) atoms. The minimum atomic E-state index is -2.28. The van der Waals surface area contributed by atoms with Crippen LogP contribution in [0.4, 0.5) is 0 Å². The second-order valence-corrected chi connectivity index (χ2v) is 24.8. The molecule has 0 unspecified atom stereocenters. The number of benzene rings is 10. The quantitative estimate of drug-likeness (QED) is 0.136. The molecule has 0 N–H and O–H groups in total. The summed E-state index contributed by atoms with van der Waals surface area (Å²) in [6.07, 6.45) is 0. The minimum Gasteiger partial charge on any atom is -0.390 e. The molecule has 418 valence electrons. The van der Waals surface area contributed by atoms with E-state index in [2.05, 4.69) is 0 Å². The van der Waals surface area contributed by atoms with Crippen molar-refractivity contribution >= 4 is 121 Å². The van der Waals surface area contributed by atoms with E-state index < -0.39 is 33.0 Å². The molecule has 0 spiro atoms. The average molecular weight is 1190 g/mol. The number of hydrogen-bond acceptors (Lipinski definition) is 12. The summed E-state index contributed by atoms with van der Waals surface area (Å²) in [6.45, 7) is 16.1.